The standard InChI is InChI=1S/C14H18ClNO3/c1-14(2,3)19-13(17)16-12-7-10(15)5-4-9(12)6-11-8-18-11/h4-5,7,11H,6,8H2,1-3H3,(H,16,17). The first kappa shape index (κ1) is 14.2. The van der Waals surface area contributed by atoms with E-state index in [9.17, 15) is 4.79 Å². The Morgan fingerprint density at radius 1 is 1.53 bits per heavy atom. The van der Waals surface area contributed by atoms with Gasteiger partial charge in [-0.15, -0.1) is 0 Å². The maximum Gasteiger partial charge on any atom is 0.412 e. The number of carbonyl (C=O) groups is 1. The molecule has 1 aliphatic heterocycles. The summed E-state index contributed by atoms with van der Waals surface area (Å²) < 4.78 is 10.4. The van der Waals surface area contributed by atoms with Crippen molar-refractivity contribution >= 4 is 23.4 Å². The van der Waals surface area contributed by atoms with Crippen LogP contribution in [0.4, 0.5) is 10.5 Å². The zero-order valence-electron chi connectivity index (χ0n) is 11.3. The lowest BCUT2D eigenvalue weighted by Crippen LogP contribution is -2.27. The number of anilines is 1. The van der Waals surface area contributed by atoms with Gasteiger partial charge in [-0.1, -0.05) is 17.7 Å². The molecular formula is C14H18ClNO3. The minimum Gasteiger partial charge on any atom is -0.444 e. The van der Waals surface area contributed by atoms with Crippen LogP contribution in [0.3, 0.4) is 0 Å². The smallest absolute Gasteiger partial charge is 0.412 e. The van der Waals surface area contributed by atoms with E-state index in [0.29, 0.717) is 10.7 Å². The quantitative estimate of drug-likeness (QED) is 0.862. The molecule has 104 valence electrons. The maximum atomic E-state index is 11.8. The van der Waals surface area contributed by atoms with Crippen molar-refractivity contribution in [1.82, 2.24) is 0 Å². The monoisotopic (exact) mass is 283 g/mol. The summed E-state index contributed by atoms with van der Waals surface area (Å²) in [5.41, 5.74) is 1.15. The first-order chi connectivity index (χ1) is 8.83. The van der Waals surface area contributed by atoms with E-state index in [1.54, 1.807) is 12.1 Å². The fourth-order valence-corrected chi connectivity index (χ4v) is 1.86. The number of carbonyl (C=O) groups excluding carboxylic acids is 1. The van der Waals surface area contributed by atoms with Crippen molar-refractivity contribution in [3.8, 4) is 0 Å². The number of benzene rings is 1. The Morgan fingerprint density at radius 3 is 2.79 bits per heavy atom. The third kappa shape index (κ3) is 4.73. The Balaban J connectivity index is 2.08. The van der Waals surface area contributed by atoms with Crippen molar-refractivity contribution < 1.29 is 14.3 Å². The molecule has 0 spiro atoms. The lowest BCUT2D eigenvalue weighted by atomic mass is 10.1. The van der Waals surface area contributed by atoms with E-state index < -0.39 is 11.7 Å². The van der Waals surface area contributed by atoms with E-state index in [-0.39, 0.29) is 6.10 Å². The molecule has 2 rings (SSSR count). The highest BCUT2D eigenvalue weighted by Crippen LogP contribution is 2.26. The summed E-state index contributed by atoms with van der Waals surface area (Å²) in [6, 6.07) is 5.43. The molecule has 1 aromatic carbocycles. The molecular weight excluding hydrogens is 266 g/mol. The molecule has 1 aliphatic rings. The zero-order valence-corrected chi connectivity index (χ0v) is 12.1. The fraction of sp³-hybridized carbons (Fsp3) is 0.500. The molecule has 0 bridgehead atoms. The summed E-state index contributed by atoms with van der Waals surface area (Å²) in [5, 5.41) is 3.32. The summed E-state index contributed by atoms with van der Waals surface area (Å²) in [7, 11) is 0. The van der Waals surface area contributed by atoms with Gasteiger partial charge in [-0.2, -0.15) is 0 Å². The van der Waals surface area contributed by atoms with E-state index in [2.05, 4.69) is 5.32 Å². The van der Waals surface area contributed by atoms with Gasteiger partial charge in [0.15, 0.2) is 0 Å². The molecule has 1 N–H and O–H groups in total. The van der Waals surface area contributed by atoms with Crippen LogP contribution in [0.15, 0.2) is 18.2 Å². The number of amides is 1. The highest BCUT2D eigenvalue weighted by Gasteiger charge is 2.24. The molecule has 1 saturated heterocycles. The van der Waals surface area contributed by atoms with Crippen LogP contribution >= 0.6 is 11.6 Å². The highest BCUT2D eigenvalue weighted by molar-refractivity contribution is 6.31. The molecule has 19 heavy (non-hydrogen) atoms. The van der Waals surface area contributed by atoms with Crippen LogP contribution in [-0.2, 0) is 15.9 Å². The minimum absolute atomic E-state index is 0.250. The Kier molecular flexibility index (Phi) is 4.02. The molecule has 1 amide bonds. The van der Waals surface area contributed by atoms with Crippen molar-refractivity contribution in [3.63, 3.8) is 0 Å². The maximum absolute atomic E-state index is 11.8. The van der Waals surface area contributed by atoms with Crippen molar-refractivity contribution in [2.24, 2.45) is 0 Å². The van der Waals surface area contributed by atoms with Crippen LogP contribution in [0.25, 0.3) is 0 Å². The summed E-state index contributed by atoms with van der Waals surface area (Å²) in [6.07, 6.45) is 0.538. The van der Waals surface area contributed by atoms with Gasteiger partial charge in [0, 0.05) is 17.1 Å². The van der Waals surface area contributed by atoms with Crippen LogP contribution in [0.1, 0.15) is 26.3 Å². The highest BCUT2D eigenvalue weighted by atomic mass is 35.5. The SMILES string of the molecule is CC(C)(C)OC(=O)Nc1cc(Cl)ccc1CC1CO1. The van der Waals surface area contributed by atoms with Gasteiger partial charge in [-0.05, 0) is 38.5 Å². The fourth-order valence-electron chi connectivity index (χ4n) is 1.69. The molecule has 0 radical (unpaired) electrons. The first-order valence-corrected chi connectivity index (χ1v) is 6.61. The molecule has 0 saturated carbocycles. The van der Waals surface area contributed by atoms with Crippen LogP contribution in [0.5, 0.6) is 0 Å². The number of nitrogens with one attached hydrogen (secondary N) is 1. The largest absolute Gasteiger partial charge is 0.444 e. The Labute approximate surface area is 118 Å². The lowest BCUT2D eigenvalue weighted by molar-refractivity contribution is 0.0636. The third-order valence-electron chi connectivity index (χ3n) is 2.56. The van der Waals surface area contributed by atoms with E-state index in [0.717, 1.165) is 18.6 Å². The first-order valence-electron chi connectivity index (χ1n) is 6.23. The Morgan fingerprint density at radius 2 is 2.21 bits per heavy atom. The van der Waals surface area contributed by atoms with Crippen molar-refractivity contribution in [3.05, 3.63) is 28.8 Å². The minimum atomic E-state index is -0.525. The molecule has 4 nitrogen and oxygen atoms in total. The lowest BCUT2D eigenvalue weighted by Gasteiger charge is -2.20. The van der Waals surface area contributed by atoms with E-state index in [1.807, 2.05) is 26.8 Å². The molecule has 1 atom stereocenters. The number of ether oxygens (including phenoxy) is 2. The van der Waals surface area contributed by atoms with Gasteiger partial charge in [-0.3, -0.25) is 5.32 Å². The predicted octanol–water partition coefficient (Wildman–Crippen LogP) is 3.63. The summed E-state index contributed by atoms with van der Waals surface area (Å²) in [4.78, 5) is 11.8. The number of hydrogen-bond acceptors (Lipinski definition) is 3. The van der Waals surface area contributed by atoms with Gasteiger partial charge in [-0.25, -0.2) is 4.79 Å². The Hall–Kier alpha value is -1.26. The van der Waals surface area contributed by atoms with Crippen molar-refractivity contribution in [2.45, 2.75) is 38.9 Å². The van der Waals surface area contributed by atoms with E-state index in [4.69, 9.17) is 21.1 Å². The van der Waals surface area contributed by atoms with Crippen LogP contribution in [0.2, 0.25) is 5.02 Å². The topological polar surface area (TPSA) is 50.9 Å². The number of epoxide rings is 1. The average Bonchev–Trinajstić information content (AvgIpc) is 3.03. The van der Waals surface area contributed by atoms with Crippen molar-refractivity contribution in [2.75, 3.05) is 11.9 Å². The molecule has 1 heterocycles. The molecule has 0 aromatic heterocycles. The number of rotatable bonds is 3. The van der Waals surface area contributed by atoms with E-state index in [1.165, 1.54) is 0 Å². The van der Waals surface area contributed by atoms with Gasteiger partial charge in [0.1, 0.15) is 5.60 Å². The van der Waals surface area contributed by atoms with Crippen LogP contribution < -0.4 is 5.32 Å². The predicted molar refractivity (Wildman–Crippen MR) is 74.8 cm³/mol. The van der Waals surface area contributed by atoms with Gasteiger partial charge in [0.25, 0.3) is 0 Å². The van der Waals surface area contributed by atoms with Crippen LogP contribution in [0, 0.1) is 0 Å². The third-order valence-corrected chi connectivity index (χ3v) is 2.79. The van der Waals surface area contributed by atoms with E-state index >= 15 is 0 Å². The summed E-state index contributed by atoms with van der Waals surface area (Å²) in [6.45, 7) is 6.24. The molecule has 0 aliphatic carbocycles. The second-order valence-corrected chi connectivity index (χ2v) is 6.02. The molecule has 1 unspecified atom stereocenters. The average molecular weight is 284 g/mol. The number of halogens is 1. The zero-order chi connectivity index (χ0) is 14.0. The molecule has 1 fully saturated rings. The molecule has 5 heteroatoms. The van der Waals surface area contributed by atoms with Crippen LogP contribution in [-0.4, -0.2) is 24.4 Å². The summed E-state index contributed by atoms with van der Waals surface area (Å²) in [5.74, 6) is 0. The van der Waals surface area contributed by atoms with Gasteiger partial charge in [0.2, 0.25) is 0 Å². The molecule has 1 aromatic rings. The second-order valence-electron chi connectivity index (χ2n) is 5.59. The number of hydrogen-bond donors (Lipinski definition) is 1. The Bertz CT molecular complexity index is 478. The van der Waals surface area contributed by atoms with Crippen molar-refractivity contribution in [1.29, 1.82) is 0 Å². The summed E-state index contributed by atoms with van der Waals surface area (Å²) >= 11 is 5.96. The second kappa shape index (κ2) is 5.39. The normalized spacial score (nSPS) is 18.0. The van der Waals surface area contributed by atoms with Gasteiger partial charge >= 0.3 is 6.09 Å². The van der Waals surface area contributed by atoms with Gasteiger partial charge in [0.05, 0.1) is 12.7 Å². The van der Waals surface area contributed by atoms with Gasteiger partial charge < -0.3 is 9.47 Å².